The monoisotopic (exact) mass is 313 g/mol. The van der Waals surface area contributed by atoms with Gasteiger partial charge in [0.05, 0.1) is 11.7 Å². The molecule has 0 radical (unpaired) electrons. The molecule has 0 aliphatic heterocycles. The summed E-state index contributed by atoms with van der Waals surface area (Å²) in [5.41, 5.74) is 2.50. The lowest BCUT2D eigenvalue weighted by molar-refractivity contribution is 0.236. The van der Waals surface area contributed by atoms with Crippen molar-refractivity contribution in [1.82, 2.24) is 15.8 Å². The van der Waals surface area contributed by atoms with E-state index in [2.05, 4.69) is 15.8 Å². The number of hydrogen-bond acceptors (Lipinski definition) is 4. The lowest BCUT2D eigenvalue weighted by Crippen LogP contribution is -2.36. The summed E-state index contributed by atoms with van der Waals surface area (Å²) in [6.07, 6.45) is 0. The fraction of sp³-hybridized carbons (Fsp3) is 0.294. The highest BCUT2D eigenvalue weighted by atomic mass is 16.5. The van der Waals surface area contributed by atoms with Crippen molar-refractivity contribution in [3.63, 3.8) is 0 Å². The smallest absolute Gasteiger partial charge is 0.315 e. The Morgan fingerprint density at radius 3 is 2.78 bits per heavy atom. The fourth-order valence-electron chi connectivity index (χ4n) is 2.46. The van der Waals surface area contributed by atoms with Crippen LogP contribution in [0, 0.1) is 13.8 Å². The number of fused-ring (bicyclic) bond motifs is 1. The molecule has 2 amide bonds. The van der Waals surface area contributed by atoms with Crippen LogP contribution in [-0.4, -0.2) is 11.2 Å². The van der Waals surface area contributed by atoms with Crippen LogP contribution in [0.3, 0.4) is 0 Å². The first-order chi connectivity index (χ1) is 11.0. The molecule has 1 aromatic carbocycles. The molecular weight excluding hydrogens is 294 g/mol. The zero-order valence-corrected chi connectivity index (χ0v) is 13.3. The molecule has 6 nitrogen and oxygen atoms in total. The normalized spacial score (nSPS) is 12.3. The van der Waals surface area contributed by atoms with Gasteiger partial charge in [0.15, 0.2) is 0 Å². The first-order valence-electron chi connectivity index (χ1n) is 7.49. The van der Waals surface area contributed by atoms with E-state index in [1.165, 1.54) is 0 Å². The maximum atomic E-state index is 12.0. The van der Waals surface area contributed by atoms with Crippen LogP contribution in [0.25, 0.3) is 11.0 Å². The number of carbonyl (C=O) groups is 1. The second-order valence-corrected chi connectivity index (χ2v) is 5.54. The fourth-order valence-corrected chi connectivity index (χ4v) is 2.46. The number of carbonyl (C=O) groups excluding carboxylic acids is 1. The molecule has 0 aliphatic carbocycles. The number of nitrogens with one attached hydrogen (secondary N) is 2. The molecule has 6 heteroatoms. The standard InChI is InChI=1S/C17H19N3O3/c1-10-14(12(3)23-20-10)9-18-17(21)19-11(2)16-8-13-6-4-5-7-15(13)22-16/h4-8,11H,9H2,1-3H3,(H2,18,19,21)/t11-/m1/s1. The van der Waals surface area contributed by atoms with E-state index in [-0.39, 0.29) is 12.1 Å². The highest BCUT2D eigenvalue weighted by Crippen LogP contribution is 2.23. The molecule has 0 saturated heterocycles. The predicted octanol–water partition coefficient (Wildman–Crippen LogP) is 3.60. The van der Waals surface area contributed by atoms with Crippen LogP contribution in [0.5, 0.6) is 0 Å². The second kappa shape index (κ2) is 6.16. The van der Waals surface area contributed by atoms with Crippen molar-refractivity contribution in [2.45, 2.75) is 33.4 Å². The molecule has 0 unspecified atom stereocenters. The quantitative estimate of drug-likeness (QED) is 0.771. The molecule has 0 bridgehead atoms. The van der Waals surface area contributed by atoms with Crippen molar-refractivity contribution >= 4 is 17.0 Å². The number of urea groups is 1. The maximum Gasteiger partial charge on any atom is 0.315 e. The molecule has 2 heterocycles. The summed E-state index contributed by atoms with van der Waals surface area (Å²) < 4.78 is 10.8. The van der Waals surface area contributed by atoms with Gasteiger partial charge in [0.1, 0.15) is 17.1 Å². The van der Waals surface area contributed by atoms with Crippen molar-refractivity contribution < 1.29 is 13.7 Å². The number of amides is 2. The summed E-state index contributed by atoms with van der Waals surface area (Å²) in [4.78, 5) is 12.0. The minimum atomic E-state index is -0.266. The molecule has 2 aromatic heterocycles. The molecule has 0 spiro atoms. The Hall–Kier alpha value is -2.76. The molecule has 2 N–H and O–H groups in total. The molecule has 3 aromatic rings. The average Bonchev–Trinajstić information content (AvgIpc) is 3.09. The predicted molar refractivity (Wildman–Crippen MR) is 86.0 cm³/mol. The third kappa shape index (κ3) is 3.21. The minimum absolute atomic E-state index is 0.230. The van der Waals surface area contributed by atoms with E-state index < -0.39 is 0 Å². The summed E-state index contributed by atoms with van der Waals surface area (Å²) >= 11 is 0. The number of rotatable bonds is 4. The maximum absolute atomic E-state index is 12.0. The van der Waals surface area contributed by atoms with Crippen LogP contribution >= 0.6 is 0 Å². The van der Waals surface area contributed by atoms with Crippen LogP contribution in [0.15, 0.2) is 39.3 Å². The van der Waals surface area contributed by atoms with Crippen LogP contribution in [0.2, 0.25) is 0 Å². The van der Waals surface area contributed by atoms with Crippen molar-refractivity contribution in [2.75, 3.05) is 0 Å². The van der Waals surface area contributed by atoms with Gasteiger partial charge in [-0.25, -0.2) is 4.79 Å². The topological polar surface area (TPSA) is 80.3 Å². The number of para-hydroxylation sites is 1. The van der Waals surface area contributed by atoms with Gasteiger partial charge in [-0.1, -0.05) is 23.4 Å². The zero-order chi connectivity index (χ0) is 16.4. The second-order valence-electron chi connectivity index (χ2n) is 5.54. The number of furan rings is 1. The van der Waals surface area contributed by atoms with E-state index in [1.807, 2.05) is 51.1 Å². The highest BCUT2D eigenvalue weighted by Gasteiger charge is 2.15. The van der Waals surface area contributed by atoms with Crippen molar-refractivity contribution in [3.8, 4) is 0 Å². The Bertz CT molecular complexity index is 782. The van der Waals surface area contributed by atoms with E-state index in [4.69, 9.17) is 8.94 Å². The minimum Gasteiger partial charge on any atom is -0.459 e. The number of benzene rings is 1. The molecular formula is C17H19N3O3. The number of aryl methyl sites for hydroxylation is 2. The van der Waals surface area contributed by atoms with Gasteiger partial charge in [-0.05, 0) is 32.9 Å². The first kappa shape index (κ1) is 15.1. The van der Waals surface area contributed by atoms with Gasteiger partial charge in [0, 0.05) is 17.5 Å². The van der Waals surface area contributed by atoms with Crippen molar-refractivity contribution in [1.29, 1.82) is 0 Å². The Morgan fingerprint density at radius 1 is 1.30 bits per heavy atom. The molecule has 120 valence electrons. The summed E-state index contributed by atoms with van der Waals surface area (Å²) in [6, 6.07) is 9.20. The SMILES string of the molecule is Cc1noc(C)c1CNC(=O)N[C@H](C)c1cc2ccccc2o1. The Labute approximate surface area is 133 Å². The zero-order valence-electron chi connectivity index (χ0n) is 13.3. The third-order valence-corrected chi connectivity index (χ3v) is 3.83. The molecule has 0 fully saturated rings. The molecule has 0 aliphatic rings. The van der Waals surface area contributed by atoms with Crippen molar-refractivity contribution in [3.05, 3.63) is 53.1 Å². The van der Waals surface area contributed by atoms with Gasteiger partial charge in [-0.15, -0.1) is 0 Å². The van der Waals surface area contributed by atoms with Gasteiger partial charge < -0.3 is 19.6 Å². The molecule has 23 heavy (non-hydrogen) atoms. The molecule has 0 saturated carbocycles. The van der Waals surface area contributed by atoms with Gasteiger partial charge in [-0.3, -0.25) is 0 Å². The molecule has 3 rings (SSSR count). The highest BCUT2D eigenvalue weighted by molar-refractivity contribution is 5.78. The van der Waals surface area contributed by atoms with E-state index in [1.54, 1.807) is 0 Å². The summed E-state index contributed by atoms with van der Waals surface area (Å²) in [6.45, 7) is 5.93. The lowest BCUT2D eigenvalue weighted by atomic mass is 10.2. The Kier molecular flexibility index (Phi) is 4.06. The van der Waals surface area contributed by atoms with Crippen LogP contribution < -0.4 is 10.6 Å². The summed E-state index contributed by atoms with van der Waals surface area (Å²) in [5.74, 6) is 1.44. The van der Waals surface area contributed by atoms with E-state index >= 15 is 0 Å². The van der Waals surface area contributed by atoms with E-state index in [0.717, 1.165) is 28.0 Å². The molecule has 1 atom stereocenters. The van der Waals surface area contributed by atoms with Crippen LogP contribution in [0.4, 0.5) is 4.79 Å². The number of aromatic nitrogens is 1. The Balaban J connectivity index is 1.61. The lowest BCUT2D eigenvalue weighted by Gasteiger charge is -2.12. The van der Waals surface area contributed by atoms with Gasteiger partial charge in [0.2, 0.25) is 0 Å². The van der Waals surface area contributed by atoms with Crippen LogP contribution in [0.1, 0.15) is 35.7 Å². The Morgan fingerprint density at radius 2 is 2.09 bits per heavy atom. The van der Waals surface area contributed by atoms with E-state index in [0.29, 0.717) is 12.3 Å². The summed E-state index contributed by atoms with van der Waals surface area (Å²) in [7, 11) is 0. The first-order valence-corrected chi connectivity index (χ1v) is 7.49. The number of nitrogens with zero attached hydrogens (tertiary/aromatic N) is 1. The summed E-state index contributed by atoms with van der Waals surface area (Å²) in [5, 5.41) is 10.6. The average molecular weight is 313 g/mol. The van der Waals surface area contributed by atoms with Gasteiger partial charge in [0.25, 0.3) is 0 Å². The van der Waals surface area contributed by atoms with Crippen molar-refractivity contribution in [2.24, 2.45) is 0 Å². The third-order valence-electron chi connectivity index (χ3n) is 3.83. The largest absolute Gasteiger partial charge is 0.459 e. The van der Waals surface area contributed by atoms with Crippen LogP contribution in [-0.2, 0) is 6.54 Å². The van der Waals surface area contributed by atoms with E-state index in [9.17, 15) is 4.79 Å². The number of hydrogen-bond donors (Lipinski definition) is 2. The van der Waals surface area contributed by atoms with Gasteiger partial charge >= 0.3 is 6.03 Å². The van der Waals surface area contributed by atoms with Gasteiger partial charge in [-0.2, -0.15) is 0 Å².